The molecule has 0 aliphatic carbocycles. The number of aromatic amines is 1. The smallest absolute Gasteiger partial charge is 0.317 e. The molecule has 1 aromatic carbocycles. The first-order chi connectivity index (χ1) is 6.27. The quantitative estimate of drug-likeness (QED) is 0.606. The maximum atomic E-state index is 10.6. The molecular weight excluding hydrogens is 168 g/mol. The lowest BCUT2D eigenvalue weighted by atomic mass is 10.2. The molecule has 13 heavy (non-hydrogen) atoms. The zero-order valence-corrected chi connectivity index (χ0v) is 6.74. The molecular formula is C8H8N4O. The fourth-order valence-electron chi connectivity index (χ4n) is 1.18. The predicted molar refractivity (Wildman–Crippen MR) is 49.3 cm³/mol. The number of nitrogens with one attached hydrogen (secondary N) is 2. The minimum absolute atomic E-state index is 0.461. The monoisotopic (exact) mass is 176 g/mol. The number of rotatable bonds is 1. The van der Waals surface area contributed by atoms with Gasteiger partial charge in [-0.3, -0.25) is 10.4 Å². The molecule has 0 saturated heterocycles. The van der Waals surface area contributed by atoms with Gasteiger partial charge in [0.05, 0.1) is 5.52 Å². The van der Waals surface area contributed by atoms with Gasteiger partial charge < -0.3 is 5.73 Å². The van der Waals surface area contributed by atoms with Gasteiger partial charge in [0.25, 0.3) is 0 Å². The van der Waals surface area contributed by atoms with Crippen LogP contribution < -0.4 is 11.1 Å². The molecule has 0 aliphatic heterocycles. The number of primary amides is 1. The van der Waals surface area contributed by atoms with Crippen molar-refractivity contribution < 1.29 is 4.79 Å². The second kappa shape index (κ2) is 2.78. The maximum absolute atomic E-state index is 10.6. The Labute approximate surface area is 73.9 Å². The second-order valence-corrected chi connectivity index (χ2v) is 2.61. The summed E-state index contributed by atoms with van der Waals surface area (Å²) < 4.78 is 0. The van der Waals surface area contributed by atoms with Gasteiger partial charge in [0, 0.05) is 5.39 Å². The van der Waals surface area contributed by atoms with E-state index in [1.165, 1.54) is 0 Å². The lowest BCUT2D eigenvalue weighted by Crippen LogP contribution is -2.19. The Bertz CT molecular complexity index is 448. The third-order valence-electron chi connectivity index (χ3n) is 1.71. The average Bonchev–Trinajstić information content (AvgIpc) is 2.48. The van der Waals surface area contributed by atoms with Crippen molar-refractivity contribution in [3.8, 4) is 0 Å². The summed E-state index contributed by atoms with van der Waals surface area (Å²) >= 11 is 0. The lowest BCUT2D eigenvalue weighted by Gasteiger charge is -1.95. The number of benzene rings is 1. The summed E-state index contributed by atoms with van der Waals surface area (Å²) in [4.78, 5) is 10.6. The Balaban J connectivity index is 2.51. The molecule has 2 aromatic rings. The van der Waals surface area contributed by atoms with E-state index in [-0.39, 0.29) is 0 Å². The number of nitrogens with zero attached hydrogens (tertiary/aromatic N) is 1. The molecule has 1 heterocycles. The van der Waals surface area contributed by atoms with Crippen molar-refractivity contribution in [2.24, 2.45) is 5.73 Å². The van der Waals surface area contributed by atoms with Crippen LogP contribution in [0.15, 0.2) is 24.3 Å². The first-order valence-corrected chi connectivity index (χ1v) is 3.77. The van der Waals surface area contributed by atoms with Crippen LogP contribution >= 0.6 is 0 Å². The molecule has 5 nitrogen and oxygen atoms in total. The summed E-state index contributed by atoms with van der Waals surface area (Å²) in [7, 11) is 0. The summed E-state index contributed by atoms with van der Waals surface area (Å²) in [6, 6.07) is 6.86. The Hall–Kier alpha value is -2.04. The second-order valence-electron chi connectivity index (χ2n) is 2.61. The van der Waals surface area contributed by atoms with E-state index in [0.717, 1.165) is 10.9 Å². The number of aromatic nitrogens is 2. The fraction of sp³-hybridized carbons (Fsp3) is 0. The van der Waals surface area contributed by atoms with Crippen LogP contribution in [0.4, 0.5) is 10.6 Å². The number of fused-ring (bicyclic) bond motifs is 1. The van der Waals surface area contributed by atoms with Gasteiger partial charge in [-0.25, -0.2) is 4.79 Å². The number of carbonyl (C=O) groups excluding carboxylic acids is 1. The Morgan fingerprint density at radius 3 is 3.00 bits per heavy atom. The van der Waals surface area contributed by atoms with Crippen LogP contribution in [0.1, 0.15) is 0 Å². The highest BCUT2D eigenvalue weighted by Crippen LogP contribution is 2.18. The van der Waals surface area contributed by atoms with E-state index in [4.69, 9.17) is 5.73 Å². The number of para-hydroxylation sites is 1. The third-order valence-corrected chi connectivity index (χ3v) is 1.71. The van der Waals surface area contributed by atoms with Crippen LogP contribution in [0.3, 0.4) is 0 Å². The molecule has 0 aliphatic rings. The van der Waals surface area contributed by atoms with Gasteiger partial charge in [0.2, 0.25) is 0 Å². The summed E-state index contributed by atoms with van der Waals surface area (Å²) in [5.41, 5.74) is 5.84. The molecule has 0 unspecified atom stereocenters. The molecule has 0 bridgehead atoms. The van der Waals surface area contributed by atoms with Gasteiger partial charge >= 0.3 is 6.03 Å². The number of hydrogen-bond acceptors (Lipinski definition) is 2. The minimum atomic E-state index is -0.614. The molecule has 0 saturated carbocycles. The highest BCUT2D eigenvalue weighted by Gasteiger charge is 2.04. The lowest BCUT2D eigenvalue weighted by molar-refractivity contribution is 0.259. The summed E-state index contributed by atoms with van der Waals surface area (Å²) in [5, 5.41) is 9.94. The molecule has 0 radical (unpaired) electrons. The van der Waals surface area contributed by atoms with Gasteiger partial charge in [-0.05, 0) is 12.1 Å². The first-order valence-electron chi connectivity index (χ1n) is 3.77. The number of anilines is 1. The molecule has 0 fully saturated rings. The maximum Gasteiger partial charge on any atom is 0.317 e. The van der Waals surface area contributed by atoms with E-state index in [1.807, 2.05) is 24.3 Å². The Morgan fingerprint density at radius 2 is 2.23 bits per heavy atom. The molecule has 0 atom stereocenters. The predicted octanol–water partition coefficient (Wildman–Crippen LogP) is 1.05. The van der Waals surface area contributed by atoms with E-state index in [2.05, 4.69) is 15.5 Å². The van der Waals surface area contributed by atoms with Crippen molar-refractivity contribution in [2.45, 2.75) is 0 Å². The largest absolute Gasteiger partial charge is 0.351 e. The molecule has 66 valence electrons. The highest BCUT2D eigenvalue weighted by molar-refractivity contribution is 5.98. The molecule has 2 rings (SSSR count). The standard InChI is InChI=1S/C8H8N4O/c9-8(13)10-7-5-3-1-2-4-6(5)11-12-7/h1-4H,(H4,9,10,11,12,13). The molecule has 2 amide bonds. The summed E-state index contributed by atoms with van der Waals surface area (Å²) in [6.07, 6.45) is 0. The number of carbonyl (C=O) groups is 1. The Kier molecular flexibility index (Phi) is 1.63. The van der Waals surface area contributed by atoms with Crippen LogP contribution in [0.25, 0.3) is 10.9 Å². The van der Waals surface area contributed by atoms with Gasteiger partial charge in [0.15, 0.2) is 5.82 Å². The average molecular weight is 176 g/mol. The zero-order chi connectivity index (χ0) is 9.26. The number of hydrogen-bond donors (Lipinski definition) is 3. The first kappa shape index (κ1) is 7.60. The Morgan fingerprint density at radius 1 is 1.46 bits per heavy atom. The SMILES string of the molecule is NC(=O)Nc1n[nH]c2ccccc12. The molecule has 5 heteroatoms. The van der Waals surface area contributed by atoms with Crippen molar-refractivity contribution in [1.29, 1.82) is 0 Å². The van der Waals surface area contributed by atoms with E-state index >= 15 is 0 Å². The van der Waals surface area contributed by atoms with E-state index in [0.29, 0.717) is 5.82 Å². The molecule has 4 N–H and O–H groups in total. The van der Waals surface area contributed by atoms with Crippen LogP contribution in [-0.2, 0) is 0 Å². The number of nitrogens with two attached hydrogens (primary N) is 1. The van der Waals surface area contributed by atoms with Gasteiger partial charge in [-0.15, -0.1) is 0 Å². The number of H-pyrrole nitrogens is 1. The van der Waals surface area contributed by atoms with Crippen LogP contribution in [0.2, 0.25) is 0 Å². The van der Waals surface area contributed by atoms with Crippen molar-refractivity contribution in [2.75, 3.05) is 5.32 Å². The van der Waals surface area contributed by atoms with Crippen molar-refractivity contribution in [3.63, 3.8) is 0 Å². The van der Waals surface area contributed by atoms with Gasteiger partial charge in [-0.2, -0.15) is 5.10 Å². The van der Waals surface area contributed by atoms with Crippen molar-refractivity contribution >= 4 is 22.8 Å². The van der Waals surface area contributed by atoms with Crippen molar-refractivity contribution in [3.05, 3.63) is 24.3 Å². The number of amides is 2. The van der Waals surface area contributed by atoms with Crippen molar-refractivity contribution in [1.82, 2.24) is 10.2 Å². The van der Waals surface area contributed by atoms with Crippen LogP contribution in [0.5, 0.6) is 0 Å². The number of urea groups is 1. The minimum Gasteiger partial charge on any atom is -0.351 e. The fourth-order valence-corrected chi connectivity index (χ4v) is 1.18. The summed E-state index contributed by atoms with van der Waals surface area (Å²) in [6.45, 7) is 0. The summed E-state index contributed by atoms with van der Waals surface area (Å²) in [5.74, 6) is 0.461. The topological polar surface area (TPSA) is 83.8 Å². The normalized spacial score (nSPS) is 10.2. The van der Waals surface area contributed by atoms with E-state index < -0.39 is 6.03 Å². The molecule has 1 aromatic heterocycles. The van der Waals surface area contributed by atoms with E-state index in [9.17, 15) is 4.79 Å². The van der Waals surface area contributed by atoms with Gasteiger partial charge in [-0.1, -0.05) is 12.1 Å². The molecule has 0 spiro atoms. The third kappa shape index (κ3) is 1.31. The van der Waals surface area contributed by atoms with Gasteiger partial charge in [0.1, 0.15) is 0 Å². The van der Waals surface area contributed by atoms with Crippen LogP contribution in [0, 0.1) is 0 Å². The van der Waals surface area contributed by atoms with Crippen LogP contribution in [-0.4, -0.2) is 16.2 Å². The van der Waals surface area contributed by atoms with E-state index in [1.54, 1.807) is 0 Å². The highest BCUT2D eigenvalue weighted by atomic mass is 16.2. The zero-order valence-electron chi connectivity index (χ0n) is 6.74.